The molecule has 6 nitrogen and oxygen atoms in total. The van der Waals surface area contributed by atoms with E-state index in [1.165, 1.54) is 0 Å². The van der Waals surface area contributed by atoms with Crippen LogP contribution in [-0.4, -0.2) is 23.2 Å². The summed E-state index contributed by atoms with van der Waals surface area (Å²) in [6.45, 7) is 0.0727. The summed E-state index contributed by atoms with van der Waals surface area (Å²) in [6, 6.07) is 10.2. The monoisotopic (exact) mass is 316 g/mol. The van der Waals surface area contributed by atoms with Gasteiger partial charge in [0.2, 0.25) is 0 Å². The Morgan fingerprint density at radius 2 is 2.04 bits per heavy atom. The lowest BCUT2D eigenvalue weighted by molar-refractivity contribution is -0.139. The lowest BCUT2D eigenvalue weighted by Gasteiger charge is -2.30. The lowest BCUT2D eigenvalue weighted by atomic mass is 9.74. The second kappa shape index (κ2) is 8.18. The fourth-order valence-electron chi connectivity index (χ4n) is 2.58. The van der Waals surface area contributed by atoms with Gasteiger partial charge in [0.15, 0.2) is 0 Å². The van der Waals surface area contributed by atoms with Crippen LogP contribution < -0.4 is 5.32 Å². The van der Waals surface area contributed by atoms with Crippen LogP contribution in [0.5, 0.6) is 0 Å². The maximum atomic E-state index is 11.8. The summed E-state index contributed by atoms with van der Waals surface area (Å²) in [5, 5.41) is 20.8. The van der Waals surface area contributed by atoms with Gasteiger partial charge in [-0.05, 0) is 30.7 Å². The number of nitrogens with zero attached hydrogens (tertiary/aromatic N) is 1. The number of ether oxygens (including phenoxy) is 1. The van der Waals surface area contributed by atoms with E-state index in [1.54, 1.807) is 0 Å². The van der Waals surface area contributed by atoms with Crippen LogP contribution in [0.25, 0.3) is 0 Å². The molecule has 1 amide bonds. The Hall–Kier alpha value is -2.55. The number of rotatable bonds is 7. The van der Waals surface area contributed by atoms with Gasteiger partial charge in [0.1, 0.15) is 12.6 Å². The number of nitrogens with one attached hydrogen (secondary N) is 1. The van der Waals surface area contributed by atoms with Gasteiger partial charge in [-0.25, -0.2) is 9.59 Å². The Kier molecular flexibility index (Phi) is 5.98. The number of carbonyl (C=O) groups excluding carboxylic acids is 1. The molecule has 6 heteroatoms. The molecule has 0 spiro atoms. The molecule has 1 aromatic rings. The molecule has 0 radical (unpaired) electrons. The van der Waals surface area contributed by atoms with Crippen molar-refractivity contribution in [3.63, 3.8) is 0 Å². The molecule has 2 atom stereocenters. The average Bonchev–Trinajstić information content (AvgIpc) is 2.50. The SMILES string of the molecule is N#CC(CC(NC(=O)OCc1ccccc1)C(=O)O)C1CCC1. The lowest BCUT2D eigenvalue weighted by Crippen LogP contribution is -2.43. The highest BCUT2D eigenvalue weighted by atomic mass is 16.5. The fourth-order valence-corrected chi connectivity index (χ4v) is 2.58. The van der Waals surface area contributed by atoms with Gasteiger partial charge in [-0.3, -0.25) is 0 Å². The molecule has 23 heavy (non-hydrogen) atoms. The number of aliphatic carboxylic acids is 1. The van der Waals surface area contributed by atoms with E-state index in [9.17, 15) is 20.0 Å². The Bertz CT molecular complexity index is 578. The van der Waals surface area contributed by atoms with E-state index >= 15 is 0 Å². The normalized spacial score (nSPS) is 16.5. The number of amides is 1. The molecule has 2 unspecified atom stereocenters. The van der Waals surface area contributed by atoms with E-state index in [0.717, 1.165) is 24.8 Å². The molecule has 0 bridgehead atoms. The molecular formula is C17H20N2O4. The van der Waals surface area contributed by atoms with Crippen LogP contribution in [-0.2, 0) is 16.1 Å². The van der Waals surface area contributed by atoms with Gasteiger partial charge in [-0.2, -0.15) is 5.26 Å². The van der Waals surface area contributed by atoms with Crippen molar-refractivity contribution in [1.82, 2.24) is 5.32 Å². The second-order valence-electron chi connectivity index (χ2n) is 5.76. The van der Waals surface area contributed by atoms with Crippen molar-refractivity contribution < 1.29 is 19.4 Å². The molecule has 1 aromatic carbocycles. The summed E-state index contributed by atoms with van der Waals surface area (Å²) in [7, 11) is 0. The van der Waals surface area contributed by atoms with Gasteiger partial charge in [0, 0.05) is 0 Å². The first-order chi connectivity index (χ1) is 11.1. The maximum absolute atomic E-state index is 11.8. The molecule has 2 N–H and O–H groups in total. The Morgan fingerprint density at radius 1 is 1.35 bits per heavy atom. The largest absolute Gasteiger partial charge is 0.480 e. The summed E-state index contributed by atoms with van der Waals surface area (Å²) in [4.78, 5) is 23.1. The van der Waals surface area contributed by atoms with Gasteiger partial charge < -0.3 is 15.2 Å². The van der Waals surface area contributed by atoms with E-state index in [0.29, 0.717) is 0 Å². The van der Waals surface area contributed by atoms with Crippen molar-refractivity contribution in [3.05, 3.63) is 35.9 Å². The van der Waals surface area contributed by atoms with Crippen molar-refractivity contribution in [3.8, 4) is 6.07 Å². The molecule has 0 aromatic heterocycles. The van der Waals surface area contributed by atoms with Crippen LogP contribution in [0.15, 0.2) is 30.3 Å². The van der Waals surface area contributed by atoms with Gasteiger partial charge in [0.05, 0.1) is 12.0 Å². The summed E-state index contributed by atoms with van der Waals surface area (Å²) in [5.41, 5.74) is 0.818. The molecule has 1 fully saturated rings. The highest BCUT2D eigenvalue weighted by Gasteiger charge is 2.32. The summed E-state index contributed by atoms with van der Waals surface area (Å²) in [6.07, 6.45) is 2.29. The van der Waals surface area contributed by atoms with E-state index < -0.39 is 18.1 Å². The van der Waals surface area contributed by atoms with Crippen molar-refractivity contribution in [2.75, 3.05) is 0 Å². The maximum Gasteiger partial charge on any atom is 0.408 e. The Morgan fingerprint density at radius 3 is 2.57 bits per heavy atom. The number of nitriles is 1. The zero-order chi connectivity index (χ0) is 16.7. The van der Waals surface area contributed by atoms with Gasteiger partial charge >= 0.3 is 12.1 Å². The Balaban J connectivity index is 1.84. The van der Waals surface area contributed by atoms with Gasteiger partial charge in [-0.1, -0.05) is 36.8 Å². The first kappa shape index (κ1) is 16.8. The van der Waals surface area contributed by atoms with Crippen LogP contribution in [0.3, 0.4) is 0 Å². The predicted octanol–water partition coefficient (Wildman–Crippen LogP) is 2.70. The minimum atomic E-state index is -1.15. The van der Waals surface area contributed by atoms with Crippen molar-refractivity contribution in [2.45, 2.75) is 38.3 Å². The molecule has 0 heterocycles. The zero-order valence-electron chi connectivity index (χ0n) is 12.8. The third-order valence-electron chi connectivity index (χ3n) is 4.18. The standard InChI is InChI=1S/C17H20N2O4/c18-10-14(13-7-4-8-13)9-15(16(20)21)19-17(22)23-11-12-5-2-1-3-6-12/h1-3,5-6,13-15H,4,7-9,11H2,(H,19,22)(H,20,21). The van der Waals surface area contributed by atoms with Crippen molar-refractivity contribution in [1.29, 1.82) is 5.26 Å². The zero-order valence-corrected chi connectivity index (χ0v) is 12.8. The summed E-state index contributed by atoms with van der Waals surface area (Å²) < 4.78 is 5.03. The molecular weight excluding hydrogens is 296 g/mol. The highest BCUT2D eigenvalue weighted by Crippen LogP contribution is 2.35. The molecule has 0 aliphatic heterocycles. The van der Waals surface area contributed by atoms with Crippen LogP contribution in [0, 0.1) is 23.2 Å². The number of carboxylic acid groups (broad SMARTS) is 1. The van der Waals surface area contributed by atoms with E-state index in [1.807, 2.05) is 30.3 Å². The minimum Gasteiger partial charge on any atom is -0.480 e. The van der Waals surface area contributed by atoms with E-state index in [-0.39, 0.29) is 24.9 Å². The van der Waals surface area contributed by atoms with Crippen LogP contribution in [0.1, 0.15) is 31.2 Å². The molecule has 0 saturated heterocycles. The van der Waals surface area contributed by atoms with Crippen LogP contribution >= 0.6 is 0 Å². The van der Waals surface area contributed by atoms with Crippen molar-refractivity contribution >= 4 is 12.1 Å². The Labute approximate surface area is 135 Å². The summed E-state index contributed by atoms with van der Waals surface area (Å²) in [5.74, 6) is -1.26. The minimum absolute atomic E-state index is 0.0727. The molecule has 122 valence electrons. The quantitative estimate of drug-likeness (QED) is 0.805. The third-order valence-corrected chi connectivity index (χ3v) is 4.18. The number of benzene rings is 1. The number of hydrogen-bond acceptors (Lipinski definition) is 4. The smallest absolute Gasteiger partial charge is 0.408 e. The van der Waals surface area contributed by atoms with E-state index in [2.05, 4.69) is 11.4 Å². The summed E-state index contributed by atoms with van der Waals surface area (Å²) >= 11 is 0. The van der Waals surface area contributed by atoms with E-state index in [4.69, 9.17) is 4.74 Å². The molecule has 1 aliphatic rings. The van der Waals surface area contributed by atoms with Gasteiger partial charge in [-0.15, -0.1) is 0 Å². The number of alkyl carbamates (subject to hydrolysis) is 1. The number of carboxylic acids is 1. The second-order valence-corrected chi connectivity index (χ2v) is 5.76. The average molecular weight is 316 g/mol. The van der Waals surface area contributed by atoms with Gasteiger partial charge in [0.25, 0.3) is 0 Å². The van der Waals surface area contributed by atoms with Crippen molar-refractivity contribution in [2.24, 2.45) is 11.8 Å². The molecule has 1 aliphatic carbocycles. The molecule has 2 rings (SSSR count). The highest BCUT2D eigenvalue weighted by molar-refractivity contribution is 5.79. The fraction of sp³-hybridized carbons (Fsp3) is 0.471. The number of hydrogen-bond donors (Lipinski definition) is 2. The number of carbonyl (C=O) groups is 2. The first-order valence-corrected chi connectivity index (χ1v) is 7.69. The molecule has 1 saturated carbocycles. The third kappa shape index (κ3) is 4.99. The van der Waals surface area contributed by atoms with Crippen LogP contribution in [0.4, 0.5) is 4.79 Å². The van der Waals surface area contributed by atoms with Crippen LogP contribution in [0.2, 0.25) is 0 Å². The predicted molar refractivity (Wildman–Crippen MR) is 82.2 cm³/mol. The first-order valence-electron chi connectivity index (χ1n) is 7.69. The topological polar surface area (TPSA) is 99.4 Å².